The molecule has 10 aromatic rings. The predicted molar refractivity (Wildman–Crippen MR) is 218 cm³/mol. The summed E-state index contributed by atoms with van der Waals surface area (Å²) in [5, 5.41) is 16.3. The Bertz CT molecular complexity index is 3050. The fraction of sp³-hybridized carbons (Fsp3) is 0. The van der Waals surface area contributed by atoms with Crippen LogP contribution in [0.25, 0.3) is 94.1 Å². The maximum Gasteiger partial charge on any atom is 0.160 e. The molecule has 0 atom stereocenters. The van der Waals surface area contributed by atoms with E-state index in [9.17, 15) is 5.26 Å². The maximum absolute atomic E-state index is 10.7. The van der Waals surface area contributed by atoms with Crippen molar-refractivity contribution >= 4 is 43.5 Å². The van der Waals surface area contributed by atoms with Crippen LogP contribution in [-0.4, -0.2) is 14.5 Å². The summed E-state index contributed by atoms with van der Waals surface area (Å²) in [7, 11) is 0. The molecular weight excluding hydrogens is 645 g/mol. The largest absolute Gasteiger partial charge is 0.308 e. The number of benzene rings is 8. The molecule has 0 saturated heterocycles. The monoisotopic (exact) mass is 674 g/mol. The summed E-state index contributed by atoms with van der Waals surface area (Å²) in [6.07, 6.45) is 0. The Hall–Kier alpha value is -7.35. The lowest BCUT2D eigenvalue weighted by molar-refractivity contribution is 1.16. The molecule has 2 heterocycles. The molecule has 0 aliphatic heterocycles. The van der Waals surface area contributed by atoms with E-state index in [0.29, 0.717) is 11.4 Å². The molecule has 0 fully saturated rings. The first-order valence-electron chi connectivity index (χ1n) is 17.7. The van der Waals surface area contributed by atoms with Crippen LogP contribution in [0.1, 0.15) is 5.56 Å². The number of para-hydroxylation sites is 1. The molecular formula is C49H30N4. The van der Waals surface area contributed by atoms with Gasteiger partial charge in [0.25, 0.3) is 0 Å². The van der Waals surface area contributed by atoms with Crippen molar-refractivity contribution in [3.05, 3.63) is 188 Å². The van der Waals surface area contributed by atoms with Crippen molar-refractivity contribution in [2.75, 3.05) is 0 Å². The van der Waals surface area contributed by atoms with Crippen LogP contribution in [0.5, 0.6) is 0 Å². The highest BCUT2D eigenvalue weighted by molar-refractivity contribution is 6.13. The average molecular weight is 675 g/mol. The third-order valence-electron chi connectivity index (χ3n) is 10.2. The molecule has 0 radical (unpaired) electrons. The van der Waals surface area contributed by atoms with Gasteiger partial charge in [0.05, 0.1) is 33.5 Å². The first kappa shape index (κ1) is 30.5. The quantitative estimate of drug-likeness (QED) is 0.183. The molecule has 0 unspecified atom stereocenters. The van der Waals surface area contributed by atoms with Gasteiger partial charge in [-0.3, -0.25) is 0 Å². The highest BCUT2D eigenvalue weighted by atomic mass is 15.0. The van der Waals surface area contributed by atoms with Gasteiger partial charge in [-0.2, -0.15) is 5.26 Å². The van der Waals surface area contributed by atoms with Crippen molar-refractivity contribution in [2.24, 2.45) is 0 Å². The molecule has 0 N–H and O–H groups in total. The number of nitrogens with zero attached hydrogens (tertiary/aromatic N) is 4. The minimum atomic E-state index is 0.549. The first-order valence-corrected chi connectivity index (χ1v) is 17.7. The van der Waals surface area contributed by atoms with E-state index in [-0.39, 0.29) is 0 Å². The average Bonchev–Trinajstić information content (AvgIpc) is 3.55. The molecule has 0 bridgehead atoms. The lowest BCUT2D eigenvalue weighted by Crippen LogP contribution is -2.00. The highest BCUT2D eigenvalue weighted by Gasteiger charge is 2.20. The number of hydrogen-bond acceptors (Lipinski definition) is 3. The number of nitriles is 1. The smallest absolute Gasteiger partial charge is 0.160 e. The van der Waals surface area contributed by atoms with Crippen molar-refractivity contribution in [1.29, 1.82) is 5.26 Å². The fourth-order valence-electron chi connectivity index (χ4n) is 7.71. The molecule has 4 heteroatoms. The van der Waals surface area contributed by atoms with Gasteiger partial charge in [0.2, 0.25) is 0 Å². The summed E-state index contributed by atoms with van der Waals surface area (Å²) >= 11 is 0. The van der Waals surface area contributed by atoms with Crippen LogP contribution in [-0.2, 0) is 0 Å². The number of fused-ring (bicyclic) bond motifs is 5. The minimum absolute atomic E-state index is 0.549. The summed E-state index contributed by atoms with van der Waals surface area (Å²) in [4.78, 5) is 10.5. The molecule has 4 nitrogen and oxygen atoms in total. The molecule has 53 heavy (non-hydrogen) atoms. The van der Waals surface area contributed by atoms with E-state index in [1.54, 1.807) is 0 Å². The van der Waals surface area contributed by atoms with E-state index in [1.807, 2.05) is 48.5 Å². The normalized spacial score (nSPS) is 11.4. The van der Waals surface area contributed by atoms with Crippen LogP contribution < -0.4 is 0 Å². The third kappa shape index (κ3) is 5.14. The van der Waals surface area contributed by atoms with Crippen LogP contribution in [0.15, 0.2) is 182 Å². The van der Waals surface area contributed by atoms with Crippen LogP contribution in [0.2, 0.25) is 0 Å². The summed E-state index contributed by atoms with van der Waals surface area (Å²) in [5.41, 5.74) is 11.4. The Morgan fingerprint density at radius 3 is 1.74 bits per heavy atom. The summed E-state index contributed by atoms with van der Waals surface area (Å²) in [5.74, 6) is 0.569. The number of hydrogen-bond donors (Lipinski definition) is 0. The minimum Gasteiger partial charge on any atom is -0.308 e. The van der Waals surface area contributed by atoms with Crippen molar-refractivity contribution in [1.82, 2.24) is 14.5 Å². The van der Waals surface area contributed by atoms with E-state index in [2.05, 4.69) is 144 Å². The SMILES string of the molecule is N#Cc1cc(-c2nc(-c3ccccc3)c3cc(-c4ccccc4)c(-c4ccccc4)cc3n2)ccc1-n1c2ccccc2c2cc3ccccc3cc21. The van der Waals surface area contributed by atoms with Crippen molar-refractivity contribution in [3.8, 4) is 56.7 Å². The number of aromatic nitrogens is 3. The van der Waals surface area contributed by atoms with Gasteiger partial charge in [-0.25, -0.2) is 9.97 Å². The van der Waals surface area contributed by atoms with Gasteiger partial charge in [0, 0.05) is 27.3 Å². The van der Waals surface area contributed by atoms with Gasteiger partial charge in [-0.15, -0.1) is 0 Å². The van der Waals surface area contributed by atoms with Gasteiger partial charge < -0.3 is 4.57 Å². The van der Waals surface area contributed by atoms with Gasteiger partial charge >= 0.3 is 0 Å². The van der Waals surface area contributed by atoms with Crippen molar-refractivity contribution in [3.63, 3.8) is 0 Å². The standard InChI is InChI=1S/C49H30N4/c50-31-38-26-37(24-25-45(38)53-46-23-13-12-22-39(46)42-27-35-20-10-11-21-36(35)28-47(42)53)49-51-44-30-41(33-16-6-2-7-17-33)40(32-14-4-1-5-15-32)29-43(44)48(52-49)34-18-8-3-9-19-34/h1-30H. The Balaban J connectivity index is 1.20. The fourth-order valence-corrected chi connectivity index (χ4v) is 7.71. The summed E-state index contributed by atoms with van der Waals surface area (Å²) < 4.78 is 2.22. The van der Waals surface area contributed by atoms with E-state index in [1.165, 1.54) is 5.39 Å². The lowest BCUT2D eigenvalue weighted by Gasteiger charge is -2.16. The van der Waals surface area contributed by atoms with Gasteiger partial charge in [0.1, 0.15) is 6.07 Å². The van der Waals surface area contributed by atoms with E-state index in [4.69, 9.17) is 9.97 Å². The molecule has 8 aromatic carbocycles. The van der Waals surface area contributed by atoms with Gasteiger partial charge in [-0.1, -0.05) is 133 Å². The topological polar surface area (TPSA) is 54.5 Å². The second-order valence-corrected chi connectivity index (χ2v) is 13.3. The van der Waals surface area contributed by atoms with Crippen LogP contribution in [0.3, 0.4) is 0 Å². The molecule has 0 aliphatic rings. The lowest BCUT2D eigenvalue weighted by atomic mass is 9.91. The van der Waals surface area contributed by atoms with Crippen LogP contribution >= 0.6 is 0 Å². The zero-order chi connectivity index (χ0) is 35.3. The predicted octanol–water partition coefficient (Wildman–Crippen LogP) is 12.4. The van der Waals surface area contributed by atoms with Crippen molar-refractivity contribution < 1.29 is 0 Å². The van der Waals surface area contributed by atoms with E-state index in [0.717, 1.165) is 82.9 Å². The summed E-state index contributed by atoms with van der Waals surface area (Å²) in [6.45, 7) is 0. The molecule has 10 rings (SSSR count). The van der Waals surface area contributed by atoms with E-state index < -0.39 is 0 Å². The van der Waals surface area contributed by atoms with Gasteiger partial charge in [0.15, 0.2) is 5.82 Å². The van der Waals surface area contributed by atoms with E-state index >= 15 is 0 Å². The molecule has 0 aliphatic carbocycles. The zero-order valence-electron chi connectivity index (χ0n) is 28.6. The number of rotatable bonds is 5. The second kappa shape index (κ2) is 12.5. The Morgan fingerprint density at radius 2 is 1.04 bits per heavy atom. The third-order valence-corrected chi connectivity index (χ3v) is 10.2. The van der Waals surface area contributed by atoms with Crippen LogP contribution in [0.4, 0.5) is 0 Å². The van der Waals surface area contributed by atoms with Crippen LogP contribution in [0, 0.1) is 11.3 Å². The molecule has 0 spiro atoms. The maximum atomic E-state index is 10.7. The molecule has 0 amide bonds. The Kier molecular flexibility index (Phi) is 7.16. The highest BCUT2D eigenvalue weighted by Crippen LogP contribution is 2.40. The Morgan fingerprint density at radius 1 is 0.434 bits per heavy atom. The molecule has 246 valence electrons. The summed E-state index contributed by atoms with van der Waals surface area (Å²) in [6, 6.07) is 65.5. The first-order chi connectivity index (χ1) is 26.2. The second-order valence-electron chi connectivity index (χ2n) is 13.3. The zero-order valence-corrected chi connectivity index (χ0v) is 28.6. The molecule has 2 aromatic heterocycles. The Labute approximate surface area is 306 Å². The molecule has 0 saturated carbocycles. The van der Waals surface area contributed by atoms with Gasteiger partial charge in [-0.05, 0) is 81.6 Å². The van der Waals surface area contributed by atoms with Crippen molar-refractivity contribution in [2.45, 2.75) is 0 Å².